The van der Waals surface area contributed by atoms with E-state index in [9.17, 15) is 9.59 Å². The van der Waals surface area contributed by atoms with Gasteiger partial charge in [0, 0.05) is 12.8 Å². The van der Waals surface area contributed by atoms with Crippen LogP contribution < -0.4 is 14.2 Å². The Morgan fingerprint density at radius 3 is 1.69 bits per heavy atom. The van der Waals surface area contributed by atoms with Crippen molar-refractivity contribution in [2.24, 2.45) is 0 Å². The van der Waals surface area contributed by atoms with Gasteiger partial charge in [-0.15, -0.1) is 0 Å². The molecule has 0 amide bonds. The van der Waals surface area contributed by atoms with Gasteiger partial charge >= 0.3 is 11.9 Å². The molecule has 0 fully saturated rings. The zero-order valence-corrected chi connectivity index (χ0v) is 21.6. The highest BCUT2D eigenvalue weighted by atomic mass is 16.6. The number of rotatable bonds is 18. The number of carbonyl (C=O) groups excluding carboxylic acids is 2. The number of carbonyl (C=O) groups is 2. The molecule has 0 bridgehead atoms. The highest BCUT2D eigenvalue weighted by Crippen LogP contribution is 2.40. The van der Waals surface area contributed by atoms with Crippen molar-refractivity contribution in [1.29, 1.82) is 0 Å². The molecule has 5 heteroatoms. The molecule has 0 heterocycles. The van der Waals surface area contributed by atoms with Crippen LogP contribution in [0.25, 0.3) is 0 Å². The van der Waals surface area contributed by atoms with Gasteiger partial charge in [-0.3, -0.25) is 9.59 Å². The third-order valence-corrected chi connectivity index (χ3v) is 5.82. The average Bonchev–Trinajstić information content (AvgIpc) is 2.86. The molecule has 192 valence electrons. The van der Waals surface area contributed by atoms with Crippen molar-refractivity contribution in [1.82, 2.24) is 0 Å². The Balaban J connectivity index is 2.01. The van der Waals surface area contributed by atoms with Gasteiger partial charge in [-0.25, -0.2) is 0 Å². The first-order valence-corrected chi connectivity index (χ1v) is 13.4. The van der Waals surface area contributed by atoms with Crippen LogP contribution in [0.1, 0.15) is 104 Å². The van der Waals surface area contributed by atoms with E-state index in [1.807, 2.05) is 30.3 Å². The lowest BCUT2D eigenvalue weighted by Gasteiger charge is -2.15. The standard InChI is InChI=1S/C30H42O5/c1-3-5-7-9-11-16-23-28(31)34-27-22-18-21-26(33-25-19-14-13-15-20-25)30(27)35-29(32)24-17-12-10-8-6-4-2/h13-15,18-22H,3-12,16-17,23-24H2,1-2H3. The summed E-state index contributed by atoms with van der Waals surface area (Å²) in [6.07, 6.45) is 13.7. The molecular weight excluding hydrogens is 440 g/mol. The van der Waals surface area contributed by atoms with Crippen LogP contribution in [-0.2, 0) is 9.59 Å². The van der Waals surface area contributed by atoms with Crippen LogP contribution in [0.5, 0.6) is 23.0 Å². The van der Waals surface area contributed by atoms with E-state index < -0.39 is 0 Å². The molecule has 0 atom stereocenters. The second-order valence-electron chi connectivity index (χ2n) is 8.98. The zero-order valence-electron chi connectivity index (χ0n) is 21.6. The van der Waals surface area contributed by atoms with Crippen molar-refractivity contribution >= 4 is 11.9 Å². The fourth-order valence-electron chi connectivity index (χ4n) is 3.81. The maximum absolute atomic E-state index is 12.6. The first-order valence-electron chi connectivity index (χ1n) is 13.4. The number of benzene rings is 2. The molecule has 2 aromatic carbocycles. The Kier molecular flexibility index (Phi) is 14.3. The number of para-hydroxylation sites is 2. The largest absolute Gasteiger partial charge is 0.453 e. The van der Waals surface area contributed by atoms with Gasteiger partial charge in [-0.1, -0.05) is 102 Å². The summed E-state index contributed by atoms with van der Waals surface area (Å²) in [6, 6.07) is 14.4. The van der Waals surface area contributed by atoms with Crippen LogP contribution >= 0.6 is 0 Å². The average molecular weight is 483 g/mol. The van der Waals surface area contributed by atoms with E-state index >= 15 is 0 Å². The first kappa shape index (κ1) is 28.4. The highest BCUT2D eigenvalue weighted by Gasteiger charge is 2.19. The molecular formula is C30H42O5. The van der Waals surface area contributed by atoms with E-state index in [2.05, 4.69) is 13.8 Å². The summed E-state index contributed by atoms with van der Waals surface area (Å²) >= 11 is 0. The Hall–Kier alpha value is -2.82. The first-order chi connectivity index (χ1) is 17.1. The van der Waals surface area contributed by atoms with Crippen LogP contribution in [-0.4, -0.2) is 11.9 Å². The zero-order chi connectivity index (χ0) is 25.1. The lowest BCUT2D eigenvalue weighted by Crippen LogP contribution is -2.12. The lowest BCUT2D eigenvalue weighted by atomic mass is 10.1. The Morgan fingerprint density at radius 1 is 0.571 bits per heavy atom. The summed E-state index contributed by atoms with van der Waals surface area (Å²) in [5.41, 5.74) is 0. The van der Waals surface area contributed by atoms with Crippen LogP contribution in [0.2, 0.25) is 0 Å². The number of unbranched alkanes of at least 4 members (excludes halogenated alkanes) is 10. The predicted octanol–water partition coefficient (Wildman–Crippen LogP) is 8.79. The van der Waals surface area contributed by atoms with Crippen LogP contribution in [0, 0.1) is 0 Å². The number of hydrogen-bond donors (Lipinski definition) is 0. The minimum absolute atomic E-state index is 0.156. The molecule has 0 aliphatic heterocycles. The molecule has 0 N–H and O–H groups in total. The van der Waals surface area contributed by atoms with Crippen molar-refractivity contribution in [3.63, 3.8) is 0 Å². The van der Waals surface area contributed by atoms with E-state index in [4.69, 9.17) is 14.2 Å². The summed E-state index contributed by atoms with van der Waals surface area (Å²) < 4.78 is 17.3. The lowest BCUT2D eigenvalue weighted by molar-refractivity contribution is -0.137. The molecule has 0 saturated carbocycles. The summed E-state index contributed by atoms with van der Waals surface area (Å²) in [5, 5.41) is 0. The van der Waals surface area contributed by atoms with E-state index in [0.29, 0.717) is 24.3 Å². The molecule has 0 unspecified atom stereocenters. The molecule has 0 aliphatic carbocycles. The number of ether oxygens (including phenoxy) is 3. The topological polar surface area (TPSA) is 61.8 Å². The van der Waals surface area contributed by atoms with Gasteiger partial charge in [0.15, 0.2) is 11.5 Å². The van der Waals surface area contributed by atoms with Gasteiger partial charge in [0.2, 0.25) is 5.75 Å². The van der Waals surface area contributed by atoms with E-state index in [1.54, 1.807) is 18.2 Å². The van der Waals surface area contributed by atoms with Crippen molar-refractivity contribution in [3.8, 4) is 23.0 Å². The van der Waals surface area contributed by atoms with Crippen molar-refractivity contribution in [2.45, 2.75) is 104 Å². The SMILES string of the molecule is CCCCCCCCC(=O)Oc1cccc(Oc2ccccc2)c1OC(=O)CCCCCCCC. The van der Waals surface area contributed by atoms with Gasteiger partial charge in [-0.2, -0.15) is 0 Å². The summed E-state index contributed by atoms with van der Waals surface area (Å²) in [6.45, 7) is 4.37. The van der Waals surface area contributed by atoms with E-state index in [-0.39, 0.29) is 23.4 Å². The molecule has 0 radical (unpaired) electrons. The van der Waals surface area contributed by atoms with Gasteiger partial charge < -0.3 is 14.2 Å². The monoisotopic (exact) mass is 482 g/mol. The van der Waals surface area contributed by atoms with Crippen LogP contribution in [0.15, 0.2) is 48.5 Å². The summed E-state index contributed by atoms with van der Waals surface area (Å²) in [7, 11) is 0. The highest BCUT2D eigenvalue weighted by molar-refractivity contribution is 5.77. The smallest absolute Gasteiger partial charge is 0.311 e. The molecule has 35 heavy (non-hydrogen) atoms. The fraction of sp³-hybridized carbons (Fsp3) is 0.533. The molecule has 2 aromatic rings. The Morgan fingerprint density at radius 2 is 1.09 bits per heavy atom. The molecule has 0 aliphatic rings. The molecule has 2 rings (SSSR count). The van der Waals surface area contributed by atoms with Crippen molar-refractivity contribution in [2.75, 3.05) is 0 Å². The van der Waals surface area contributed by atoms with E-state index in [1.165, 1.54) is 38.5 Å². The molecule has 0 saturated heterocycles. The second-order valence-corrected chi connectivity index (χ2v) is 8.98. The maximum atomic E-state index is 12.6. The summed E-state index contributed by atoms with van der Waals surface area (Å²) in [5.74, 6) is 0.645. The third kappa shape index (κ3) is 11.9. The van der Waals surface area contributed by atoms with Crippen molar-refractivity contribution in [3.05, 3.63) is 48.5 Å². The predicted molar refractivity (Wildman–Crippen MR) is 140 cm³/mol. The Labute approximate surface area is 211 Å². The van der Waals surface area contributed by atoms with Crippen LogP contribution in [0.3, 0.4) is 0 Å². The molecule has 0 spiro atoms. The summed E-state index contributed by atoms with van der Waals surface area (Å²) in [4.78, 5) is 25.1. The van der Waals surface area contributed by atoms with Crippen molar-refractivity contribution < 1.29 is 23.8 Å². The molecule has 0 aromatic heterocycles. The van der Waals surface area contributed by atoms with Gasteiger partial charge in [0.1, 0.15) is 5.75 Å². The minimum Gasteiger partial charge on any atom is -0.453 e. The third-order valence-electron chi connectivity index (χ3n) is 5.82. The Bertz CT molecular complexity index is 862. The van der Waals surface area contributed by atoms with E-state index in [0.717, 1.165) is 38.5 Å². The minimum atomic E-state index is -0.349. The molecule has 5 nitrogen and oxygen atoms in total. The fourth-order valence-corrected chi connectivity index (χ4v) is 3.81. The maximum Gasteiger partial charge on any atom is 0.311 e. The normalized spacial score (nSPS) is 10.7. The van der Waals surface area contributed by atoms with Gasteiger partial charge in [0.25, 0.3) is 0 Å². The van der Waals surface area contributed by atoms with Crippen LogP contribution in [0.4, 0.5) is 0 Å². The number of hydrogen-bond acceptors (Lipinski definition) is 5. The van der Waals surface area contributed by atoms with Gasteiger partial charge in [-0.05, 0) is 37.1 Å². The van der Waals surface area contributed by atoms with Gasteiger partial charge in [0.05, 0.1) is 0 Å². The number of esters is 2. The quantitative estimate of drug-likeness (QED) is 0.121. The second kappa shape index (κ2) is 17.6.